The van der Waals surface area contributed by atoms with Crippen molar-refractivity contribution in [1.29, 1.82) is 5.41 Å². The van der Waals surface area contributed by atoms with Crippen molar-refractivity contribution < 1.29 is 0 Å². The topological polar surface area (TPSA) is 62.2 Å². The molecule has 14 heavy (non-hydrogen) atoms. The summed E-state index contributed by atoms with van der Waals surface area (Å²) >= 11 is 0. The zero-order chi connectivity index (χ0) is 10.6. The molecule has 0 saturated carbocycles. The summed E-state index contributed by atoms with van der Waals surface area (Å²) in [6.45, 7) is 4.57. The van der Waals surface area contributed by atoms with Gasteiger partial charge in [-0.15, -0.1) is 0 Å². The minimum atomic E-state index is -0.493. The predicted molar refractivity (Wildman–Crippen MR) is 60.8 cm³/mol. The molecule has 1 rings (SSSR count). The Morgan fingerprint density at radius 3 is 2.86 bits per heavy atom. The molecule has 0 saturated heterocycles. The summed E-state index contributed by atoms with van der Waals surface area (Å²) in [6.07, 6.45) is 8.92. The molecule has 0 aliphatic carbocycles. The van der Waals surface area contributed by atoms with Crippen molar-refractivity contribution in [2.24, 2.45) is 22.1 Å². The Morgan fingerprint density at radius 2 is 2.36 bits per heavy atom. The third-order valence-electron chi connectivity index (χ3n) is 2.34. The number of hydrogen-bond donors (Lipinski definition) is 2. The summed E-state index contributed by atoms with van der Waals surface area (Å²) in [6, 6.07) is 0. The third-order valence-corrected chi connectivity index (χ3v) is 2.34. The van der Waals surface area contributed by atoms with Gasteiger partial charge in [-0.1, -0.05) is 26.0 Å². The number of nitrogens with two attached hydrogens (primary N) is 1. The lowest BCUT2D eigenvalue weighted by Crippen LogP contribution is -2.31. The molecule has 1 atom stereocenters. The Labute approximate surface area is 84.9 Å². The lowest BCUT2D eigenvalue weighted by molar-refractivity contribution is 0.742. The van der Waals surface area contributed by atoms with E-state index in [4.69, 9.17) is 11.1 Å². The minimum absolute atomic E-state index is 0.385. The van der Waals surface area contributed by atoms with Crippen LogP contribution < -0.4 is 5.73 Å². The van der Waals surface area contributed by atoms with Gasteiger partial charge in [0, 0.05) is 24.7 Å². The van der Waals surface area contributed by atoms with Gasteiger partial charge in [-0.25, -0.2) is 0 Å². The highest BCUT2D eigenvalue weighted by Crippen LogP contribution is 2.19. The van der Waals surface area contributed by atoms with Gasteiger partial charge < -0.3 is 11.1 Å². The molecule has 1 heterocycles. The van der Waals surface area contributed by atoms with E-state index < -0.39 is 5.41 Å². The van der Waals surface area contributed by atoms with Crippen molar-refractivity contribution in [2.75, 3.05) is 6.54 Å². The Kier molecular flexibility index (Phi) is 3.36. The highest BCUT2D eigenvalue weighted by atomic mass is 14.8. The van der Waals surface area contributed by atoms with Crippen molar-refractivity contribution in [3.8, 4) is 0 Å². The van der Waals surface area contributed by atoms with Crippen LogP contribution in [0.15, 0.2) is 28.9 Å². The first-order valence-corrected chi connectivity index (χ1v) is 4.80. The zero-order valence-electron chi connectivity index (χ0n) is 8.70. The molecule has 3 N–H and O–H groups in total. The van der Waals surface area contributed by atoms with E-state index in [1.165, 1.54) is 6.21 Å². The van der Waals surface area contributed by atoms with Crippen LogP contribution in [0.1, 0.15) is 13.8 Å². The second kappa shape index (κ2) is 4.33. The van der Waals surface area contributed by atoms with E-state index in [2.05, 4.69) is 18.8 Å². The van der Waals surface area contributed by atoms with Crippen LogP contribution in [-0.4, -0.2) is 19.0 Å². The maximum Gasteiger partial charge on any atom is 0.0706 e. The van der Waals surface area contributed by atoms with Gasteiger partial charge in [-0.3, -0.25) is 4.99 Å². The van der Waals surface area contributed by atoms with Crippen molar-refractivity contribution in [3.63, 3.8) is 0 Å². The first-order chi connectivity index (χ1) is 6.63. The fourth-order valence-corrected chi connectivity index (χ4v) is 1.21. The zero-order valence-corrected chi connectivity index (χ0v) is 8.70. The molecule has 0 spiro atoms. The first kappa shape index (κ1) is 10.9. The monoisotopic (exact) mass is 191 g/mol. The molecular weight excluding hydrogens is 174 g/mol. The molecule has 3 nitrogen and oxygen atoms in total. The molecule has 1 aliphatic rings. The van der Waals surface area contributed by atoms with Crippen LogP contribution in [0.2, 0.25) is 0 Å². The summed E-state index contributed by atoms with van der Waals surface area (Å²) in [4.78, 5) is 4.36. The van der Waals surface area contributed by atoms with Crippen LogP contribution in [0.5, 0.6) is 0 Å². The number of rotatable bonds is 3. The van der Waals surface area contributed by atoms with Gasteiger partial charge in [-0.05, 0) is 12.0 Å². The van der Waals surface area contributed by atoms with Crippen molar-refractivity contribution in [2.45, 2.75) is 13.8 Å². The van der Waals surface area contributed by atoms with Gasteiger partial charge in [-0.2, -0.15) is 0 Å². The van der Waals surface area contributed by atoms with Gasteiger partial charge in [0.25, 0.3) is 0 Å². The van der Waals surface area contributed by atoms with E-state index in [1.54, 1.807) is 6.21 Å². The van der Waals surface area contributed by atoms with E-state index in [0.717, 1.165) is 5.70 Å². The van der Waals surface area contributed by atoms with Crippen molar-refractivity contribution in [1.82, 2.24) is 0 Å². The molecule has 76 valence electrons. The van der Waals surface area contributed by atoms with Gasteiger partial charge >= 0.3 is 0 Å². The number of allylic oxidation sites excluding steroid dienone is 3. The number of nitrogens with one attached hydrogen (secondary N) is 1. The minimum Gasteiger partial charge on any atom is -0.329 e. The lowest BCUT2D eigenvalue weighted by atomic mass is 9.91. The second-order valence-corrected chi connectivity index (χ2v) is 3.82. The van der Waals surface area contributed by atoms with E-state index in [-0.39, 0.29) is 0 Å². The standard InChI is InChI=1S/C11H17N3/c1-9(2)10-4-3-5-11(6-12,7-13)8-14-10/h3-6,8-9,12H,7,13H2,1-2H3. The Morgan fingerprint density at radius 1 is 1.64 bits per heavy atom. The molecule has 0 bridgehead atoms. The van der Waals surface area contributed by atoms with Crippen LogP contribution in [-0.2, 0) is 0 Å². The van der Waals surface area contributed by atoms with Crippen LogP contribution >= 0.6 is 0 Å². The summed E-state index contributed by atoms with van der Waals surface area (Å²) in [5, 5.41) is 7.34. The lowest BCUT2D eigenvalue weighted by Gasteiger charge is -2.17. The molecule has 0 amide bonds. The van der Waals surface area contributed by atoms with Gasteiger partial charge in [0.15, 0.2) is 0 Å². The van der Waals surface area contributed by atoms with E-state index >= 15 is 0 Å². The average Bonchev–Trinajstić information content (AvgIpc) is 2.40. The summed E-state index contributed by atoms with van der Waals surface area (Å²) in [5.41, 5.74) is 6.16. The maximum absolute atomic E-state index is 7.34. The number of aliphatic imine (C=N–C) groups is 1. The average molecular weight is 191 g/mol. The highest BCUT2D eigenvalue weighted by Gasteiger charge is 2.21. The van der Waals surface area contributed by atoms with E-state index in [0.29, 0.717) is 12.5 Å². The first-order valence-electron chi connectivity index (χ1n) is 4.80. The Balaban J connectivity index is 2.96. The van der Waals surface area contributed by atoms with Crippen LogP contribution in [0.25, 0.3) is 0 Å². The normalized spacial score (nSPS) is 26.1. The van der Waals surface area contributed by atoms with E-state index in [1.807, 2.05) is 18.2 Å². The van der Waals surface area contributed by atoms with Crippen molar-refractivity contribution >= 4 is 12.4 Å². The van der Waals surface area contributed by atoms with Gasteiger partial charge in [0.1, 0.15) is 0 Å². The quantitative estimate of drug-likeness (QED) is 0.656. The summed E-state index contributed by atoms with van der Waals surface area (Å²) < 4.78 is 0. The molecule has 3 heteroatoms. The van der Waals surface area contributed by atoms with Crippen molar-refractivity contribution in [3.05, 3.63) is 23.9 Å². The molecule has 0 aromatic carbocycles. The Bertz CT molecular complexity index is 300. The highest BCUT2D eigenvalue weighted by molar-refractivity contribution is 5.91. The molecule has 1 unspecified atom stereocenters. The number of nitrogens with zero attached hydrogens (tertiary/aromatic N) is 1. The molecule has 0 aromatic heterocycles. The number of hydrogen-bond acceptors (Lipinski definition) is 3. The Hall–Kier alpha value is -1.22. The van der Waals surface area contributed by atoms with Gasteiger partial charge in [0.2, 0.25) is 0 Å². The van der Waals surface area contributed by atoms with E-state index in [9.17, 15) is 0 Å². The SMILES string of the molecule is CC(C)C1=CC=CC(C=N)(CN)C=N1. The smallest absolute Gasteiger partial charge is 0.0706 e. The second-order valence-electron chi connectivity index (χ2n) is 3.82. The van der Waals surface area contributed by atoms with Crippen LogP contribution in [0.4, 0.5) is 0 Å². The third kappa shape index (κ3) is 2.17. The summed E-state index contributed by atoms with van der Waals surface area (Å²) in [7, 11) is 0. The fraction of sp³-hybridized carbons (Fsp3) is 0.455. The van der Waals surface area contributed by atoms with Gasteiger partial charge in [0.05, 0.1) is 5.41 Å². The van der Waals surface area contributed by atoms with Crippen LogP contribution in [0, 0.1) is 16.7 Å². The molecule has 0 radical (unpaired) electrons. The fourth-order valence-electron chi connectivity index (χ4n) is 1.21. The molecular formula is C11H17N3. The predicted octanol–water partition coefficient (Wildman–Crippen LogP) is 1.76. The van der Waals surface area contributed by atoms with Crippen LogP contribution in [0.3, 0.4) is 0 Å². The summed E-state index contributed by atoms with van der Waals surface area (Å²) in [5.74, 6) is 0.398. The molecule has 1 aliphatic heterocycles. The maximum atomic E-state index is 7.34. The molecule has 0 fully saturated rings. The molecule has 0 aromatic rings. The largest absolute Gasteiger partial charge is 0.329 e.